The van der Waals surface area contributed by atoms with E-state index in [0.29, 0.717) is 13.0 Å². The lowest BCUT2D eigenvalue weighted by Gasteiger charge is -2.27. The summed E-state index contributed by atoms with van der Waals surface area (Å²) in [6.07, 6.45) is 0.594. The summed E-state index contributed by atoms with van der Waals surface area (Å²) in [5.74, 6) is -0.544. The number of carbonyl (C=O) groups is 3. The van der Waals surface area contributed by atoms with Gasteiger partial charge in [0.25, 0.3) is 5.91 Å². The van der Waals surface area contributed by atoms with Crippen LogP contribution in [0.2, 0.25) is 0 Å². The lowest BCUT2D eigenvalue weighted by atomic mass is 10.2. The molecule has 8 nitrogen and oxygen atoms in total. The van der Waals surface area contributed by atoms with E-state index in [9.17, 15) is 14.4 Å². The first-order valence-corrected chi connectivity index (χ1v) is 7.42. The smallest absolute Gasteiger partial charge is 0.426 e. The van der Waals surface area contributed by atoms with Crippen molar-refractivity contribution in [2.45, 2.75) is 58.2 Å². The number of likely N-dealkylation sites (tertiary alicyclic amines) is 1. The Bertz CT molecular complexity index is 433. The van der Waals surface area contributed by atoms with Crippen molar-refractivity contribution >= 4 is 17.9 Å². The van der Waals surface area contributed by atoms with E-state index in [4.69, 9.17) is 4.74 Å². The zero-order valence-electron chi connectivity index (χ0n) is 13.9. The Morgan fingerprint density at radius 1 is 1.23 bits per heavy atom. The third-order valence-electron chi connectivity index (χ3n) is 3.33. The Kier molecular flexibility index (Phi) is 6.16. The van der Waals surface area contributed by atoms with E-state index in [1.54, 1.807) is 34.7 Å². The van der Waals surface area contributed by atoms with Gasteiger partial charge in [0.2, 0.25) is 5.91 Å². The highest BCUT2D eigenvalue weighted by Crippen LogP contribution is 2.18. The predicted octanol–water partition coefficient (Wildman–Crippen LogP) is 0.141. The van der Waals surface area contributed by atoms with Crippen LogP contribution in [0.3, 0.4) is 0 Å². The van der Waals surface area contributed by atoms with Gasteiger partial charge in [-0.05, 0) is 47.6 Å². The number of carbonyl (C=O) groups excluding carboxylic acids is 3. The molecule has 22 heavy (non-hydrogen) atoms. The van der Waals surface area contributed by atoms with Gasteiger partial charge in [0.05, 0.1) is 6.04 Å². The van der Waals surface area contributed by atoms with Crippen molar-refractivity contribution in [1.82, 2.24) is 21.1 Å². The van der Waals surface area contributed by atoms with Crippen molar-refractivity contribution < 1.29 is 19.1 Å². The molecule has 1 aliphatic rings. The molecule has 0 saturated carbocycles. The second-order valence-electron chi connectivity index (χ2n) is 6.32. The minimum atomic E-state index is -0.736. The topological polar surface area (TPSA) is 99.8 Å². The van der Waals surface area contributed by atoms with E-state index in [-0.39, 0.29) is 11.9 Å². The summed E-state index contributed by atoms with van der Waals surface area (Å²) in [5, 5.41) is 2.86. The average molecular weight is 314 g/mol. The minimum absolute atomic E-state index is 0.127. The Hall–Kier alpha value is -1.83. The molecule has 0 aliphatic carbocycles. The summed E-state index contributed by atoms with van der Waals surface area (Å²) >= 11 is 0. The predicted molar refractivity (Wildman–Crippen MR) is 80.8 cm³/mol. The van der Waals surface area contributed by atoms with Crippen LogP contribution in [0.25, 0.3) is 0 Å². The summed E-state index contributed by atoms with van der Waals surface area (Å²) in [4.78, 5) is 37.4. The normalized spacial score (nSPS) is 19.5. The van der Waals surface area contributed by atoms with Gasteiger partial charge in [-0.25, -0.2) is 10.2 Å². The molecule has 3 amide bonds. The van der Waals surface area contributed by atoms with E-state index in [2.05, 4.69) is 16.2 Å². The number of rotatable bonds is 3. The Labute approximate surface area is 130 Å². The van der Waals surface area contributed by atoms with Crippen LogP contribution in [0.5, 0.6) is 0 Å². The molecule has 0 aromatic carbocycles. The number of nitrogens with one attached hydrogen (secondary N) is 3. The number of ether oxygens (including phenoxy) is 1. The van der Waals surface area contributed by atoms with Gasteiger partial charge in [-0.2, -0.15) is 0 Å². The maximum atomic E-state index is 12.2. The van der Waals surface area contributed by atoms with E-state index in [0.717, 1.165) is 6.42 Å². The van der Waals surface area contributed by atoms with Crippen molar-refractivity contribution in [2.24, 2.45) is 0 Å². The van der Waals surface area contributed by atoms with Crippen LogP contribution in [-0.4, -0.2) is 54.1 Å². The van der Waals surface area contributed by atoms with Crippen molar-refractivity contribution in [3.8, 4) is 0 Å². The zero-order chi connectivity index (χ0) is 16.9. The van der Waals surface area contributed by atoms with Gasteiger partial charge in [-0.3, -0.25) is 15.0 Å². The molecule has 1 fully saturated rings. The van der Waals surface area contributed by atoms with Gasteiger partial charge < -0.3 is 15.0 Å². The van der Waals surface area contributed by atoms with Crippen LogP contribution in [0.1, 0.15) is 40.5 Å². The number of hydrogen-bond acceptors (Lipinski definition) is 5. The SMILES string of the molecule is CN[C@H](C)C(=O)N1CCC[C@H]1C(=O)NNC(=O)OC(C)(C)C. The largest absolute Gasteiger partial charge is 0.443 e. The number of nitrogens with zero attached hydrogens (tertiary/aromatic N) is 1. The van der Waals surface area contributed by atoms with Crippen molar-refractivity contribution in [1.29, 1.82) is 0 Å². The summed E-state index contributed by atoms with van der Waals surface area (Å²) in [7, 11) is 1.69. The second kappa shape index (κ2) is 7.44. The van der Waals surface area contributed by atoms with Gasteiger partial charge in [-0.15, -0.1) is 0 Å². The molecule has 1 saturated heterocycles. The van der Waals surface area contributed by atoms with Crippen LogP contribution < -0.4 is 16.2 Å². The number of hydrogen-bond donors (Lipinski definition) is 3. The number of amides is 3. The molecule has 0 radical (unpaired) electrons. The second-order valence-corrected chi connectivity index (χ2v) is 6.32. The van der Waals surface area contributed by atoms with Gasteiger partial charge in [-0.1, -0.05) is 0 Å². The van der Waals surface area contributed by atoms with Gasteiger partial charge in [0, 0.05) is 6.54 Å². The van der Waals surface area contributed by atoms with Gasteiger partial charge >= 0.3 is 6.09 Å². The first-order chi connectivity index (χ1) is 10.2. The molecule has 0 bridgehead atoms. The van der Waals surface area contributed by atoms with E-state index < -0.39 is 23.6 Å². The van der Waals surface area contributed by atoms with Crippen LogP contribution in [0.15, 0.2) is 0 Å². The Morgan fingerprint density at radius 2 is 1.86 bits per heavy atom. The molecule has 1 rings (SSSR count). The third kappa shape index (κ3) is 5.18. The molecule has 0 aromatic rings. The highest BCUT2D eigenvalue weighted by Gasteiger charge is 2.35. The molecule has 8 heteroatoms. The highest BCUT2D eigenvalue weighted by atomic mass is 16.6. The molecule has 126 valence electrons. The Balaban J connectivity index is 2.54. The van der Waals surface area contributed by atoms with Crippen molar-refractivity contribution in [3.05, 3.63) is 0 Å². The molecular formula is C14H26N4O4. The molecular weight excluding hydrogens is 288 g/mol. The quantitative estimate of drug-likeness (QED) is 0.644. The zero-order valence-corrected chi connectivity index (χ0v) is 13.9. The fourth-order valence-electron chi connectivity index (χ4n) is 2.17. The van der Waals surface area contributed by atoms with Crippen LogP contribution in [0, 0.1) is 0 Å². The number of likely N-dealkylation sites (N-methyl/N-ethyl adjacent to an activating group) is 1. The lowest BCUT2D eigenvalue weighted by molar-refractivity contribution is -0.139. The van der Waals surface area contributed by atoms with Crippen molar-refractivity contribution in [3.63, 3.8) is 0 Å². The van der Waals surface area contributed by atoms with E-state index in [1.807, 2.05) is 0 Å². The highest BCUT2D eigenvalue weighted by molar-refractivity contribution is 5.90. The third-order valence-corrected chi connectivity index (χ3v) is 3.33. The van der Waals surface area contributed by atoms with Gasteiger partial charge in [0.1, 0.15) is 11.6 Å². The van der Waals surface area contributed by atoms with Crippen LogP contribution in [-0.2, 0) is 14.3 Å². The van der Waals surface area contributed by atoms with E-state index >= 15 is 0 Å². The fourth-order valence-corrected chi connectivity index (χ4v) is 2.17. The summed E-state index contributed by atoms with van der Waals surface area (Å²) < 4.78 is 5.03. The maximum Gasteiger partial charge on any atom is 0.426 e. The first-order valence-electron chi connectivity index (χ1n) is 7.42. The molecule has 1 aliphatic heterocycles. The van der Waals surface area contributed by atoms with E-state index in [1.165, 1.54) is 4.90 Å². The molecule has 1 heterocycles. The summed E-state index contributed by atoms with van der Waals surface area (Å²) in [6, 6.07) is -0.926. The average Bonchev–Trinajstić information content (AvgIpc) is 2.90. The number of hydrazine groups is 1. The monoisotopic (exact) mass is 314 g/mol. The molecule has 0 aromatic heterocycles. The van der Waals surface area contributed by atoms with Crippen LogP contribution >= 0.6 is 0 Å². The first kappa shape index (κ1) is 18.2. The van der Waals surface area contributed by atoms with Crippen LogP contribution in [0.4, 0.5) is 4.79 Å². The molecule has 2 atom stereocenters. The summed E-state index contributed by atoms with van der Waals surface area (Å²) in [5.41, 5.74) is 3.87. The molecule has 0 unspecified atom stereocenters. The van der Waals surface area contributed by atoms with Gasteiger partial charge in [0.15, 0.2) is 0 Å². The standard InChI is InChI=1S/C14H26N4O4/c1-9(15-5)12(20)18-8-6-7-10(18)11(19)16-17-13(21)22-14(2,3)4/h9-10,15H,6-8H2,1-5H3,(H,16,19)(H,17,21)/t9-,10+/m1/s1. The minimum Gasteiger partial charge on any atom is -0.443 e. The van der Waals surface area contributed by atoms with Crippen molar-refractivity contribution in [2.75, 3.05) is 13.6 Å². The molecule has 3 N–H and O–H groups in total. The molecule has 0 spiro atoms. The lowest BCUT2D eigenvalue weighted by Crippen LogP contribution is -2.54. The summed E-state index contributed by atoms with van der Waals surface area (Å²) in [6.45, 7) is 7.46. The maximum absolute atomic E-state index is 12.2. The Morgan fingerprint density at radius 3 is 2.41 bits per heavy atom. The fraction of sp³-hybridized carbons (Fsp3) is 0.786.